The van der Waals surface area contributed by atoms with Crippen LogP contribution in [0.15, 0.2) is 11.1 Å². The summed E-state index contributed by atoms with van der Waals surface area (Å²) in [5, 5.41) is 3.63. The summed E-state index contributed by atoms with van der Waals surface area (Å²) in [6.07, 6.45) is 0. The standard InChI is InChI=1S/C4H5NO2S2/c1-3-2-9(6,7)4(8)5-3/h2H,1H3,(H,5,8). The van der Waals surface area contributed by atoms with Gasteiger partial charge in [-0.3, -0.25) is 0 Å². The molecule has 0 radical (unpaired) electrons. The highest BCUT2D eigenvalue weighted by Gasteiger charge is 2.21. The van der Waals surface area contributed by atoms with E-state index in [0.29, 0.717) is 5.70 Å². The predicted octanol–water partition coefficient (Wildman–Crippen LogP) is 0.151. The molecule has 1 heterocycles. The third-order valence-electron chi connectivity index (χ3n) is 0.890. The van der Waals surface area contributed by atoms with E-state index >= 15 is 0 Å². The third kappa shape index (κ3) is 1.11. The highest BCUT2D eigenvalue weighted by atomic mass is 32.2. The van der Waals surface area contributed by atoms with Gasteiger partial charge in [-0.1, -0.05) is 0 Å². The molecule has 0 bridgehead atoms. The monoisotopic (exact) mass is 163 g/mol. The average molecular weight is 163 g/mol. The molecule has 9 heavy (non-hydrogen) atoms. The zero-order chi connectivity index (χ0) is 7.07. The van der Waals surface area contributed by atoms with Crippen molar-refractivity contribution in [1.82, 2.24) is 5.32 Å². The quantitative estimate of drug-likeness (QED) is 0.516. The van der Waals surface area contributed by atoms with Crippen molar-refractivity contribution in [2.45, 2.75) is 6.92 Å². The lowest BCUT2D eigenvalue weighted by atomic mass is 10.6. The van der Waals surface area contributed by atoms with Crippen LogP contribution in [-0.4, -0.2) is 12.7 Å². The fourth-order valence-corrected chi connectivity index (χ4v) is 1.79. The molecule has 0 fully saturated rings. The van der Waals surface area contributed by atoms with Gasteiger partial charge >= 0.3 is 0 Å². The lowest BCUT2D eigenvalue weighted by Crippen LogP contribution is -2.17. The Hall–Kier alpha value is -0.420. The number of allylic oxidation sites excluding steroid dienone is 1. The Labute approximate surface area is 58.7 Å². The zero-order valence-electron chi connectivity index (χ0n) is 4.71. The molecule has 0 unspecified atom stereocenters. The maximum absolute atomic E-state index is 10.7. The van der Waals surface area contributed by atoms with E-state index in [2.05, 4.69) is 17.5 Å². The first-order valence-electron chi connectivity index (χ1n) is 2.27. The van der Waals surface area contributed by atoms with Gasteiger partial charge in [0.2, 0.25) is 14.2 Å². The van der Waals surface area contributed by atoms with Gasteiger partial charge in [0.15, 0.2) is 0 Å². The molecule has 0 saturated heterocycles. The summed E-state index contributed by atoms with van der Waals surface area (Å²) >= 11 is 4.48. The van der Waals surface area contributed by atoms with Crippen molar-refractivity contribution in [2.24, 2.45) is 0 Å². The van der Waals surface area contributed by atoms with Gasteiger partial charge in [-0.15, -0.1) is 0 Å². The van der Waals surface area contributed by atoms with Crippen LogP contribution in [0.4, 0.5) is 0 Å². The van der Waals surface area contributed by atoms with Crippen LogP contribution in [-0.2, 0) is 9.84 Å². The summed E-state index contributed by atoms with van der Waals surface area (Å²) in [5.74, 6) is 0. The molecule has 0 aliphatic carbocycles. The van der Waals surface area contributed by atoms with Gasteiger partial charge in [0.1, 0.15) is 0 Å². The lowest BCUT2D eigenvalue weighted by Gasteiger charge is -1.90. The van der Waals surface area contributed by atoms with Crippen LogP contribution in [0.25, 0.3) is 0 Å². The molecular weight excluding hydrogens is 158 g/mol. The van der Waals surface area contributed by atoms with Crippen LogP contribution in [0.2, 0.25) is 0 Å². The summed E-state index contributed by atoms with van der Waals surface area (Å²) in [6.45, 7) is 1.65. The fourth-order valence-electron chi connectivity index (χ4n) is 0.548. The minimum atomic E-state index is -3.22. The number of hydrogen-bond donors (Lipinski definition) is 1. The van der Waals surface area contributed by atoms with Crippen LogP contribution in [0.5, 0.6) is 0 Å². The summed E-state index contributed by atoms with van der Waals surface area (Å²) < 4.78 is 21.3. The normalized spacial score (nSPS) is 23.2. The molecule has 0 saturated carbocycles. The molecule has 0 aromatic rings. The van der Waals surface area contributed by atoms with Crippen molar-refractivity contribution >= 4 is 26.4 Å². The van der Waals surface area contributed by atoms with Crippen LogP contribution in [0.3, 0.4) is 0 Å². The Balaban J connectivity index is 3.19. The van der Waals surface area contributed by atoms with Crippen LogP contribution < -0.4 is 5.32 Å². The average Bonchev–Trinajstić information content (AvgIpc) is 1.79. The first-order chi connectivity index (χ1) is 4.02. The summed E-state index contributed by atoms with van der Waals surface area (Å²) in [7, 11) is -3.22. The molecule has 0 spiro atoms. The Bertz CT molecular complexity index is 275. The Morgan fingerprint density at radius 3 is 2.33 bits per heavy atom. The van der Waals surface area contributed by atoms with Gasteiger partial charge < -0.3 is 5.32 Å². The van der Waals surface area contributed by atoms with E-state index in [9.17, 15) is 8.42 Å². The molecule has 1 aliphatic rings. The Morgan fingerprint density at radius 2 is 2.22 bits per heavy atom. The van der Waals surface area contributed by atoms with Crippen molar-refractivity contribution in [3.8, 4) is 0 Å². The smallest absolute Gasteiger partial charge is 0.227 e. The van der Waals surface area contributed by atoms with Crippen LogP contribution in [0.1, 0.15) is 6.92 Å². The second kappa shape index (κ2) is 1.78. The topological polar surface area (TPSA) is 46.2 Å². The molecule has 1 aliphatic heterocycles. The van der Waals surface area contributed by atoms with E-state index < -0.39 is 9.84 Å². The first-order valence-corrected chi connectivity index (χ1v) is 4.22. The van der Waals surface area contributed by atoms with E-state index in [1.807, 2.05) is 0 Å². The highest BCUT2D eigenvalue weighted by Crippen LogP contribution is 2.07. The maximum atomic E-state index is 10.7. The maximum Gasteiger partial charge on any atom is 0.227 e. The molecule has 50 valence electrons. The second-order valence-electron chi connectivity index (χ2n) is 1.76. The van der Waals surface area contributed by atoms with Crippen molar-refractivity contribution < 1.29 is 8.42 Å². The van der Waals surface area contributed by atoms with Crippen molar-refractivity contribution in [2.75, 3.05) is 0 Å². The minimum absolute atomic E-state index is 0.0972. The minimum Gasteiger partial charge on any atom is -0.340 e. The number of thiocarbonyl (C=S) groups is 1. The number of nitrogens with one attached hydrogen (secondary N) is 1. The second-order valence-corrected chi connectivity index (χ2v) is 4.16. The fraction of sp³-hybridized carbons (Fsp3) is 0.250. The summed E-state index contributed by atoms with van der Waals surface area (Å²) in [4.78, 5) is 0. The molecular formula is C4H5NO2S2. The molecule has 0 atom stereocenters. The first kappa shape index (κ1) is 6.70. The zero-order valence-corrected chi connectivity index (χ0v) is 6.34. The van der Waals surface area contributed by atoms with Gasteiger partial charge in [0.05, 0.1) is 5.41 Å². The van der Waals surface area contributed by atoms with Gasteiger partial charge in [-0.25, -0.2) is 8.42 Å². The van der Waals surface area contributed by atoms with Crippen LogP contribution in [0, 0.1) is 0 Å². The van der Waals surface area contributed by atoms with Crippen LogP contribution >= 0.6 is 12.2 Å². The predicted molar refractivity (Wildman–Crippen MR) is 38.4 cm³/mol. The van der Waals surface area contributed by atoms with Gasteiger partial charge in [0.25, 0.3) is 0 Å². The molecule has 1 rings (SSSR count). The van der Waals surface area contributed by atoms with Gasteiger partial charge in [-0.2, -0.15) is 0 Å². The van der Waals surface area contributed by atoms with Gasteiger partial charge in [0, 0.05) is 5.70 Å². The number of hydrogen-bond acceptors (Lipinski definition) is 3. The Kier molecular flexibility index (Phi) is 1.32. The van der Waals surface area contributed by atoms with Crippen molar-refractivity contribution in [3.63, 3.8) is 0 Å². The molecule has 0 aromatic heterocycles. The van der Waals surface area contributed by atoms with Crippen molar-refractivity contribution in [1.29, 1.82) is 0 Å². The Morgan fingerprint density at radius 1 is 1.67 bits per heavy atom. The SMILES string of the molecule is CC1=CS(=O)(=O)C(=S)N1. The summed E-state index contributed by atoms with van der Waals surface area (Å²) in [6, 6.07) is 0. The van der Waals surface area contributed by atoms with E-state index in [0.717, 1.165) is 5.41 Å². The van der Waals surface area contributed by atoms with E-state index in [4.69, 9.17) is 0 Å². The third-order valence-corrected chi connectivity index (χ3v) is 2.97. The van der Waals surface area contributed by atoms with Gasteiger partial charge in [-0.05, 0) is 19.1 Å². The molecule has 0 aromatic carbocycles. The number of rotatable bonds is 0. The lowest BCUT2D eigenvalue weighted by molar-refractivity contribution is 0.615. The molecule has 5 heteroatoms. The van der Waals surface area contributed by atoms with Crippen molar-refractivity contribution in [3.05, 3.63) is 11.1 Å². The van der Waals surface area contributed by atoms with E-state index in [1.54, 1.807) is 6.92 Å². The molecule has 0 amide bonds. The highest BCUT2D eigenvalue weighted by molar-refractivity contribution is 8.19. The number of sulfone groups is 1. The van der Waals surface area contributed by atoms with E-state index in [-0.39, 0.29) is 4.32 Å². The largest absolute Gasteiger partial charge is 0.340 e. The molecule has 3 nitrogen and oxygen atoms in total. The molecule has 1 N–H and O–H groups in total. The summed E-state index contributed by atoms with van der Waals surface area (Å²) in [5.41, 5.74) is 0.583. The van der Waals surface area contributed by atoms with E-state index in [1.165, 1.54) is 0 Å².